The van der Waals surface area contributed by atoms with Crippen LogP contribution in [0.5, 0.6) is 0 Å². The van der Waals surface area contributed by atoms with E-state index in [9.17, 15) is 9.00 Å². The second-order valence-corrected chi connectivity index (χ2v) is 6.49. The van der Waals surface area contributed by atoms with Crippen LogP contribution in [0.3, 0.4) is 0 Å². The standard InChI is InChI=1S/C13H20N2O2S/c1-10(2)18(17)9-5-8-13(16)15-12-7-4-3-6-11(12)14/h3-4,6-7,10H,5,8-9,14H2,1-2H3,(H,15,16). The summed E-state index contributed by atoms with van der Waals surface area (Å²) in [4.78, 5) is 11.7. The minimum atomic E-state index is -0.844. The van der Waals surface area contributed by atoms with Gasteiger partial charge in [0.05, 0.1) is 11.4 Å². The van der Waals surface area contributed by atoms with Crippen molar-refractivity contribution in [3.8, 4) is 0 Å². The first kappa shape index (κ1) is 14.7. The predicted molar refractivity (Wildman–Crippen MR) is 76.9 cm³/mol. The second-order valence-electron chi connectivity index (χ2n) is 4.37. The monoisotopic (exact) mass is 268 g/mol. The summed E-state index contributed by atoms with van der Waals surface area (Å²) in [6.07, 6.45) is 0.996. The van der Waals surface area contributed by atoms with Crippen LogP contribution in [0.25, 0.3) is 0 Å². The molecule has 0 saturated heterocycles. The third-order valence-electron chi connectivity index (χ3n) is 2.51. The van der Waals surface area contributed by atoms with E-state index in [1.807, 2.05) is 26.0 Å². The Morgan fingerprint density at radius 2 is 2.06 bits per heavy atom. The smallest absolute Gasteiger partial charge is 0.224 e. The van der Waals surface area contributed by atoms with Gasteiger partial charge in [-0.15, -0.1) is 0 Å². The summed E-state index contributed by atoms with van der Waals surface area (Å²) < 4.78 is 11.5. The molecule has 0 spiro atoms. The van der Waals surface area contributed by atoms with E-state index >= 15 is 0 Å². The first-order valence-corrected chi connectivity index (χ1v) is 7.40. The lowest BCUT2D eigenvalue weighted by Crippen LogP contribution is -2.15. The largest absolute Gasteiger partial charge is 0.397 e. The summed E-state index contributed by atoms with van der Waals surface area (Å²) in [5.74, 6) is 0.476. The van der Waals surface area contributed by atoms with Crippen LogP contribution in [0.4, 0.5) is 11.4 Å². The molecule has 3 N–H and O–H groups in total. The number of hydrogen-bond acceptors (Lipinski definition) is 3. The molecule has 0 aliphatic heterocycles. The Labute approximate surface area is 110 Å². The number of carbonyl (C=O) groups excluding carboxylic acids is 1. The van der Waals surface area contributed by atoms with E-state index in [2.05, 4.69) is 5.32 Å². The number of carbonyl (C=O) groups is 1. The van der Waals surface area contributed by atoms with Crippen molar-refractivity contribution in [1.82, 2.24) is 0 Å². The number of benzene rings is 1. The maximum atomic E-state index is 11.7. The molecule has 18 heavy (non-hydrogen) atoms. The van der Waals surface area contributed by atoms with Crippen LogP contribution in [0.15, 0.2) is 24.3 Å². The Morgan fingerprint density at radius 1 is 1.39 bits per heavy atom. The Hall–Kier alpha value is -1.36. The van der Waals surface area contributed by atoms with Gasteiger partial charge in [-0.3, -0.25) is 9.00 Å². The van der Waals surface area contributed by atoms with E-state index in [4.69, 9.17) is 5.73 Å². The fraction of sp³-hybridized carbons (Fsp3) is 0.462. The third kappa shape index (κ3) is 4.87. The van der Waals surface area contributed by atoms with Crippen molar-refractivity contribution >= 4 is 28.1 Å². The Balaban J connectivity index is 2.35. The van der Waals surface area contributed by atoms with Crippen LogP contribution in [0.2, 0.25) is 0 Å². The van der Waals surface area contributed by atoms with Gasteiger partial charge in [0.25, 0.3) is 0 Å². The van der Waals surface area contributed by atoms with Gasteiger partial charge in [-0.1, -0.05) is 26.0 Å². The summed E-state index contributed by atoms with van der Waals surface area (Å²) in [6, 6.07) is 7.14. The van der Waals surface area contributed by atoms with E-state index in [1.54, 1.807) is 12.1 Å². The van der Waals surface area contributed by atoms with Crippen LogP contribution in [-0.4, -0.2) is 21.1 Å². The van der Waals surface area contributed by atoms with Gasteiger partial charge in [-0.25, -0.2) is 0 Å². The van der Waals surface area contributed by atoms with Gasteiger partial charge >= 0.3 is 0 Å². The molecule has 0 saturated carbocycles. The van der Waals surface area contributed by atoms with Gasteiger partial charge in [0, 0.05) is 28.2 Å². The molecule has 1 rings (SSSR count). The van der Waals surface area contributed by atoms with Crippen molar-refractivity contribution < 1.29 is 9.00 Å². The van der Waals surface area contributed by atoms with Crippen molar-refractivity contribution in [1.29, 1.82) is 0 Å². The number of rotatable bonds is 6. The molecule has 1 unspecified atom stereocenters. The average molecular weight is 268 g/mol. The van der Waals surface area contributed by atoms with Crippen molar-refractivity contribution in [3.05, 3.63) is 24.3 Å². The number of nitrogen functional groups attached to an aromatic ring is 1. The maximum absolute atomic E-state index is 11.7. The SMILES string of the molecule is CC(C)S(=O)CCCC(=O)Nc1ccccc1N. The normalized spacial score (nSPS) is 12.4. The summed E-state index contributed by atoms with van der Waals surface area (Å²) in [5, 5.41) is 2.90. The molecule has 0 aliphatic rings. The molecule has 0 fully saturated rings. The third-order valence-corrected chi connectivity index (χ3v) is 4.25. The van der Waals surface area contributed by atoms with Crippen LogP contribution >= 0.6 is 0 Å². The Morgan fingerprint density at radius 3 is 2.67 bits per heavy atom. The minimum absolute atomic E-state index is 0.0892. The zero-order valence-corrected chi connectivity index (χ0v) is 11.6. The fourth-order valence-corrected chi connectivity index (χ4v) is 2.33. The van der Waals surface area contributed by atoms with E-state index < -0.39 is 10.8 Å². The van der Waals surface area contributed by atoms with Gasteiger partial charge < -0.3 is 11.1 Å². The lowest BCUT2D eigenvalue weighted by molar-refractivity contribution is -0.116. The molecule has 100 valence electrons. The number of amides is 1. The second kappa shape index (κ2) is 7.16. The summed E-state index contributed by atoms with van der Waals surface area (Å²) in [7, 11) is -0.844. The Kier molecular flexibility index (Phi) is 5.85. The van der Waals surface area contributed by atoms with Gasteiger partial charge in [0.1, 0.15) is 0 Å². The van der Waals surface area contributed by atoms with Crippen molar-refractivity contribution in [2.75, 3.05) is 16.8 Å². The molecule has 0 aliphatic carbocycles. The zero-order chi connectivity index (χ0) is 13.5. The molecule has 1 amide bonds. The maximum Gasteiger partial charge on any atom is 0.224 e. The predicted octanol–water partition coefficient (Wildman–Crippen LogP) is 2.14. The van der Waals surface area contributed by atoms with E-state index in [-0.39, 0.29) is 11.2 Å². The first-order chi connectivity index (χ1) is 8.50. The zero-order valence-electron chi connectivity index (χ0n) is 10.8. The number of para-hydroxylation sites is 2. The molecular formula is C13H20N2O2S. The highest BCUT2D eigenvalue weighted by atomic mass is 32.2. The van der Waals surface area contributed by atoms with Gasteiger partial charge in [-0.05, 0) is 18.6 Å². The lowest BCUT2D eigenvalue weighted by atomic mass is 10.2. The molecule has 1 aromatic rings. The molecule has 0 radical (unpaired) electrons. The van der Waals surface area contributed by atoms with Crippen molar-refractivity contribution in [2.45, 2.75) is 31.9 Å². The van der Waals surface area contributed by atoms with Crippen molar-refractivity contribution in [2.24, 2.45) is 0 Å². The minimum Gasteiger partial charge on any atom is -0.397 e. The molecule has 1 aromatic carbocycles. The van der Waals surface area contributed by atoms with Crippen LogP contribution in [0.1, 0.15) is 26.7 Å². The summed E-state index contributed by atoms with van der Waals surface area (Å²) in [6.45, 7) is 3.84. The quantitative estimate of drug-likeness (QED) is 0.776. The number of anilines is 2. The number of hydrogen-bond donors (Lipinski definition) is 2. The average Bonchev–Trinajstić information content (AvgIpc) is 2.32. The Bertz CT molecular complexity index is 433. The number of nitrogens with one attached hydrogen (secondary N) is 1. The van der Waals surface area contributed by atoms with E-state index in [1.165, 1.54) is 0 Å². The molecule has 0 heterocycles. The molecule has 0 bridgehead atoms. The van der Waals surface area contributed by atoms with Crippen molar-refractivity contribution in [3.63, 3.8) is 0 Å². The highest BCUT2D eigenvalue weighted by Crippen LogP contribution is 2.16. The van der Waals surface area contributed by atoms with E-state index in [0.717, 1.165) is 0 Å². The summed E-state index contributed by atoms with van der Waals surface area (Å²) in [5.41, 5.74) is 6.91. The highest BCUT2D eigenvalue weighted by Gasteiger charge is 2.08. The highest BCUT2D eigenvalue weighted by molar-refractivity contribution is 7.85. The van der Waals surface area contributed by atoms with E-state index in [0.29, 0.717) is 30.0 Å². The van der Waals surface area contributed by atoms with Gasteiger partial charge in [0.15, 0.2) is 0 Å². The lowest BCUT2D eigenvalue weighted by Gasteiger charge is -2.08. The molecule has 1 atom stereocenters. The number of nitrogens with two attached hydrogens (primary N) is 1. The molecule has 5 heteroatoms. The topological polar surface area (TPSA) is 72.2 Å². The van der Waals surface area contributed by atoms with Gasteiger partial charge in [-0.2, -0.15) is 0 Å². The fourth-order valence-electron chi connectivity index (χ4n) is 1.43. The molecule has 4 nitrogen and oxygen atoms in total. The molecule has 0 aromatic heterocycles. The first-order valence-electron chi connectivity index (χ1n) is 6.02. The van der Waals surface area contributed by atoms with Crippen LogP contribution in [-0.2, 0) is 15.6 Å². The van der Waals surface area contributed by atoms with Crippen LogP contribution in [0, 0.1) is 0 Å². The van der Waals surface area contributed by atoms with Gasteiger partial charge in [0.2, 0.25) is 5.91 Å². The van der Waals surface area contributed by atoms with Crippen LogP contribution < -0.4 is 11.1 Å². The summed E-state index contributed by atoms with van der Waals surface area (Å²) >= 11 is 0. The molecular weight excluding hydrogens is 248 g/mol.